The van der Waals surface area contributed by atoms with Gasteiger partial charge in [0.25, 0.3) is 0 Å². The van der Waals surface area contributed by atoms with E-state index in [9.17, 15) is 4.39 Å². The standard InChI is InChI=1S/C18H17FN4O/c1-24-18-15-10-23(6-4-16(15)21-11-22-18)9-13-8-14(19)7-12-3-2-5-20-17(12)13/h2-3,5,7-8,11H,4,6,9-10H2,1H3. The van der Waals surface area contributed by atoms with Crippen molar-refractivity contribution in [2.24, 2.45) is 0 Å². The Balaban J connectivity index is 1.65. The Morgan fingerprint density at radius 2 is 2.17 bits per heavy atom. The van der Waals surface area contributed by atoms with Gasteiger partial charge in [0.2, 0.25) is 5.88 Å². The van der Waals surface area contributed by atoms with Crippen molar-refractivity contribution >= 4 is 10.9 Å². The van der Waals surface area contributed by atoms with Crippen molar-refractivity contribution in [3.63, 3.8) is 0 Å². The van der Waals surface area contributed by atoms with Gasteiger partial charge in [-0.2, -0.15) is 0 Å². The fourth-order valence-corrected chi connectivity index (χ4v) is 3.27. The Labute approximate surface area is 139 Å². The third-order valence-corrected chi connectivity index (χ3v) is 4.38. The molecule has 0 unspecified atom stereocenters. The van der Waals surface area contributed by atoms with Crippen molar-refractivity contribution in [2.45, 2.75) is 19.5 Å². The number of nitrogens with zero attached hydrogens (tertiary/aromatic N) is 4. The minimum Gasteiger partial charge on any atom is -0.481 e. The molecular formula is C18H17FN4O. The highest BCUT2D eigenvalue weighted by Crippen LogP contribution is 2.27. The molecule has 0 radical (unpaired) electrons. The van der Waals surface area contributed by atoms with Crippen molar-refractivity contribution in [1.82, 2.24) is 19.9 Å². The first-order chi connectivity index (χ1) is 11.7. The van der Waals surface area contributed by atoms with Gasteiger partial charge in [-0.1, -0.05) is 6.07 Å². The van der Waals surface area contributed by atoms with E-state index in [2.05, 4.69) is 19.9 Å². The second kappa shape index (κ2) is 6.13. The average Bonchev–Trinajstić information content (AvgIpc) is 2.61. The summed E-state index contributed by atoms with van der Waals surface area (Å²) in [6.07, 6.45) is 4.11. The van der Waals surface area contributed by atoms with Crippen LogP contribution in [0.15, 0.2) is 36.8 Å². The minimum atomic E-state index is -0.233. The van der Waals surface area contributed by atoms with Crippen molar-refractivity contribution in [3.05, 3.63) is 59.4 Å². The summed E-state index contributed by atoms with van der Waals surface area (Å²) in [6.45, 7) is 2.17. The van der Waals surface area contributed by atoms with E-state index >= 15 is 0 Å². The van der Waals surface area contributed by atoms with Crippen molar-refractivity contribution in [3.8, 4) is 5.88 Å². The third kappa shape index (κ3) is 2.69. The lowest BCUT2D eigenvalue weighted by molar-refractivity contribution is 0.236. The van der Waals surface area contributed by atoms with Crippen LogP contribution in [0.4, 0.5) is 4.39 Å². The van der Waals surface area contributed by atoms with Gasteiger partial charge < -0.3 is 4.74 Å². The van der Waals surface area contributed by atoms with Gasteiger partial charge in [0.05, 0.1) is 18.3 Å². The van der Waals surface area contributed by atoms with Gasteiger partial charge in [-0.05, 0) is 23.8 Å². The second-order valence-corrected chi connectivity index (χ2v) is 5.91. The van der Waals surface area contributed by atoms with E-state index in [0.717, 1.165) is 40.7 Å². The summed E-state index contributed by atoms with van der Waals surface area (Å²) >= 11 is 0. The number of fused-ring (bicyclic) bond motifs is 2. The van der Waals surface area contributed by atoms with Crippen LogP contribution in [0.2, 0.25) is 0 Å². The number of benzene rings is 1. The molecule has 6 heteroatoms. The van der Waals surface area contributed by atoms with Crippen LogP contribution in [-0.2, 0) is 19.5 Å². The molecule has 122 valence electrons. The normalized spacial score (nSPS) is 14.6. The number of hydrogen-bond donors (Lipinski definition) is 0. The molecular weight excluding hydrogens is 307 g/mol. The van der Waals surface area contributed by atoms with Crippen LogP contribution >= 0.6 is 0 Å². The zero-order chi connectivity index (χ0) is 16.5. The number of methoxy groups -OCH3 is 1. The van der Waals surface area contributed by atoms with Crippen LogP contribution in [0, 0.1) is 5.82 Å². The number of halogens is 1. The summed E-state index contributed by atoms with van der Waals surface area (Å²) in [6, 6.07) is 6.81. The molecule has 0 N–H and O–H groups in total. The molecule has 3 aromatic rings. The molecule has 4 rings (SSSR count). The highest BCUT2D eigenvalue weighted by molar-refractivity contribution is 5.81. The molecule has 0 aliphatic carbocycles. The van der Waals surface area contributed by atoms with Gasteiger partial charge in [0.1, 0.15) is 12.1 Å². The van der Waals surface area contributed by atoms with Gasteiger partial charge in [0, 0.05) is 43.2 Å². The van der Waals surface area contributed by atoms with Crippen LogP contribution in [-0.4, -0.2) is 33.5 Å². The number of aromatic nitrogens is 3. The van der Waals surface area contributed by atoms with Crippen LogP contribution in [0.5, 0.6) is 5.88 Å². The largest absolute Gasteiger partial charge is 0.481 e. The Hall–Kier alpha value is -2.60. The molecule has 0 amide bonds. The summed E-state index contributed by atoms with van der Waals surface area (Å²) in [7, 11) is 1.62. The molecule has 1 aliphatic rings. The number of rotatable bonds is 3. The monoisotopic (exact) mass is 324 g/mol. The topological polar surface area (TPSA) is 51.1 Å². The maximum atomic E-state index is 13.9. The van der Waals surface area contributed by atoms with E-state index in [1.165, 1.54) is 12.4 Å². The Morgan fingerprint density at radius 1 is 1.25 bits per heavy atom. The Morgan fingerprint density at radius 3 is 3.04 bits per heavy atom. The van der Waals surface area contributed by atoms with Crippen LogP contribution in [0.25, 0.3) is 10.9 Å². The molecule has 3 heterocycles. The van der Waals surface area contributed by atoms with Crippen molar-refractivity contribution in [1.29, 1.82) is 0 Å². The van der Waals surface area contributed by atoms with Gasteiger partial charge in [0.15, 0.2) is 0 Å². The smallest absolute Gasteiger partial charge is 0.220 e. The SMILES string of the molecule is COc1ncnc2c1CN(Cc1cc(F)cc3cccnc13)CC2. The predicted octanol–water partition coefficient (Wildman–Crippen LogP) is 2.73. The van der Waals surface area contributed by atoms with Crippen LogP contribution in [0.1, 0.15) is 16.8 Å². The summed E-state index contributed by atoms with van der Waals surface area (Å²) in [5.41, 5.74) is 3.78. The van der Waals surface area contributed by atoms with E-state index in [1.54, 1.807) is 19.4 Å². The summed E-state index contributed by atoms with van der Waals surface area (Å²) in [5.74, 6) is 0.385. The lowest BCUT2D eigenvalue weighted by atomic mass is 10.0. The van der Waals surface area contributed by atoms with Gasteiger partial charge in [-0.15, -0.1) is 0 Å². The quantitative estimate of drug-likeness (QED) is 0.741. The minimum absolute atomic E-state index is 0.233. The lowest BCUT2D eigenvalue weighted by Crippen LogP contribution is -2.31. The third-order valence-electron chi connectivity index (χ3n) is 4.38. The predicted molar refractivity (Wildman–Crippen MR) is 88.1 cm³/mol. The molecule has 1 aromatic carbocycles. The maximum absolute atomic E-state index is 13.9. The van der Waals surface area contributed by atoms with Crippen molar-refractivity contribution in [2.75, 3.05) is 13.7 Å². The van der Waals surface area contributed by atoms with Gasteiger partial charge in [-0.3, -0.25) is 9.88 Å². The molecule has 0 saturated carbocycles. The number of ether oxygens (including phenoxy) is 1. The zero-order valence-electron chi connectivity index (χ0n) is 13.4. The molecule has 1 aliphatic heterocycles. The fourth-order valence-electron chi connectivity index (χ4n) is 3.27. The van der Waals surface area contributed by atoms with E-state index in [-0.39, 0.29) is 5.82 Å². The van der Waals surface area contributed by atoms with Crippen LogP contribution in [0.3, 0.4) is 0 Å². The molecule has 0 saturated heterocycles. The Bertz CT molecular complexity index is 885. The lowest BCUT2D eigenvalue weighted by Gasteiger charge is -2.28. The van der Waals surface area contributed by atoms with E-state index in [0.29, 0.717) is 19.0 Å². The van der Waals surface area contributed by atoms with Crippen LogP contribution < -0.4 is 4.74 Å². The van der Waals surface area contributed by atoms with Gasteiger partial charge in [-0.25, -0.2) is 14.4 Å². The van der Waals surface area contributed by atoms with E-state index in [1.807, 2.05) is 12.1 Å². The van der Waals surface area contributed by atoms with Crippen molar-refractivity contribution < 1.29 is 9.13 Å². The average molecular weight is 324 g/mol. The van der Waals surface area contributed by atoms with E-state index in [4.69, 9.17) is 4.74 Å². The molecule has 0 bridgehead atoms. The molecule has 0 atom stereocenters. The first kappa shape index (κ1) is 15.0. The molecule has 24 heavy (non-hydrogen) atoms. The fraction of sp³-hybridized carbons (Fsp3) is 0.278. The molecule has 0 fully saturated rings. The molecule has 0 spiro atoms. The second-order valence-electron chi connectivity index (χ2n) is 5.91. The molecule has 2 aromatic heterocycles. The Kier molecular flexibility index (Phi) is 3.82. The summed E-state index contributed by atoms with van der Waals surface area (Å²) in [4.78, 5) is 15.2. The summed E-state index contributed by atoms with van der Waals surface area (Å²) in [5, 5.41) is 0.825. The highest BCUT2D eigenvalue weighted by Gasteiger charge is 2.22. The van der Waals surface area contributed by atoms with E-state index < -0.39 is 0 Å². The summed E-state index contributed by atoms with van der Waals surface area (Å²) < 4.78 is 19.3. The maximum Gasteiger partial charge on any atom is 0.220 e. The zero-order valence-corrected chi connectivity index (χ0v) is 13.4. The first-order valence-corrected chi connectivity index (χ1v) is 7.87. The van der Waals surface area contributed by atoms with Gasteiger partial charge >= 0.3 is 0 Å². The highest BCUT2D eigenvalue weighted by atomic mass is 19.1. The number of pyridine rings is 1. The first-order valence-electron chi connectivity index (χ1n) is 7.87. The molecule has 5 nitrogen and oxygen atoms in total. The number of hydrogen-bond acceptors (Lipinski definition) is 5.